The molecule has 7 heteroatoms. The zero-order chi connectivity index (χ0) is 20.8. The fraction of sp³-hybridized carbons (Fsp3) is 0.273. The minimum atomic E-state index is -0.850. The summed E-state index contributed by atoms with van der Waals surface area (Å²) in [6.45, 7) is 3.99. The fourth-order valence-corrected chi connectivity index (χ4v) is 2.97. The van der Waals surface area contributed by atoms with Crippen LogP contribution >= 0.6 is 0 Å². The summed E-state index contributed by atoms with van der Waals surface area (Å²) in [5, 5.41) is 17.1. The second kappa shape index (κ2) is 9.34. The Morgan fingerprint density at radius 2 is 2.03 bits per heavy atom. The van der Waals surface area contributed by atoms with E-state index in [1.54, 1.807) is 16.8 Å². The molecule has 0 aliphatic carbocycles. The first-order valence-corrected chi connectivity index (χ1v) is 9.46. The van der Waals surface area contributed by atoms with Gasteiger partial charge < -0.3 is 15.2 Å². The third-order valence-electron chi connectivity index (χ3n) is 4.45. The van der Waals surface area contributed by atoms with E-state index in [9.17, 15) is 14.3 Å². The first-order valence-electron chi connectivity index (χ1n) is 9.46. The number of nitrogens with zero attached hydrogens (tertiary/aromatic N) is 2. The summed E-state index contributed by atoms with van der Waals surface area (Å²) in [4.78, 5) is 12.6. The average Bonchev–Trinajstić information content (AvgIpc) is 3.15. The lowest BCUT2D eigenvalue weighted by Crippen LogP contribution is -2.35. The molecular formula is C22H24FN3O3. The van der Waals surface area contributed by atoms with Crippen LogP contribution in [0.2, 0.25) is 0 Å². The molecule has 3 rings (SSSR count). The third kappa shape index (κ3) is 5.20. The van der Waals surface area contributed by atoms with Gasteiger partial charge in [0, 0.05) is 6.54 Å². The first-order chi connectivity index (χ1) is 14.0. The minimum Gasteiger partial charge on any atom is -0.491 e. The Hall–Kier alpha value is -3.19. The van der Waals surface area contributed by atoms with Crippen LogP contribution in [0.4, 0.5) is 4.39 Å². The van der Waals surface area contributed by atoms with Crippen molar-refractivity contribution in [1.29, 1.82) is 0 Å². The lowest BCUT2D eigenvalue weighted by molar-refractivity contribution is 0.0843. The Balaban J connectivity index is 1.59. The van der Waals surface area contributed by atoms with Crippen molar-refractivity contribution in [3.63, 3.8) is 0 Å². The molecule has 1 aromatic heterocycles. The van der Waals surface area contributed by atoms with Crippen molar-refractivity contribution < 1.29 is 19.0 Å². The zero-order valence-electron chi connectivity index (χ0n) is 16.4. The summed E-state index contributed by atoms with van der Waals surface area (Å²) in [6, 6.07) is 13.4. The standard InChI is InChI=1S/C22H24FN3O3/c1-3-21-20(13-25-26(21)17-9-7-16(23)8-10-17)22(28)24-12-18(27)14-29-19-6-4-5-15(2)11-19/h4-11,13,18,27H,3,12,14H2,1-2H3,(H,24,28). The molecule has 0 saturated carbocycles. The molecule has 0 fully saturated rings. The van der Waals surface area contributed by atoms with Crippen LogP contribution in [0.1, 0.15) is 28.5 Å². The van der Waals surface area contributed by atoms with Crippen LogP contribution in [0.3, 0.4) is 0 Å². The van der Waals surface area contributed by atoms with Crippen LogP contribution in [-0.2, 0) is 6.42 Å². The Morgan fingerprint density at radius 1 is 1.28 bits per heavy atom. The molecule has 6 nitrogen and oxygen atoms in total. The van der Waals surface area contributed by atoms with Crippen molar-refractivity contribution in [2.75, 3.05) is 13.2 Å². The lowest BCUT2D eigenvalue weighted by atomic mass is 10.2. The van der Waals surface area contributed by atoms with Crippen molar-refractivity contribution in [2.24, 2.45) is 0 Å². The van der Waals surface area contributed by atoms with Crippen molar-refractivity contribution in [3.05, 3.63) is 77.4 Å². The summed E-state index contributed by atoms with van der Waals surface area (Å²) in [6.07, 6.45) is 1.20. The van der Waals surface area contributed by atoms with E-state index in [4.69, 9.17) is 4.74 Å². The number of rotatable bonds is 8. The molecule has 2 N–H and O–H groups in total. The van der Waals surface area contributed by atoms with Gasteiger partial charge >= 0.3 is 0 Å². The number of amides is 1. The highest BCUT2D eigenvalue weighted by Crippen LogP contribution is 2.16. The van der Waals surface area contributed by atoms with Crippen LogP contribution in [0.5, 0.6) is 5.75 Å². The number of aliphatic hydroxyl groups is 1. The van der Waals surface area contributed by atoms with Gasteiger partial charge in [-0.15, -0.1) is 0 Å². The highest BCUT2D eigenvalue weighted by atomic mass is 19.1. The van der Waals surface area contributed by atoms with Crippen molar-refractivity contribution in [1.82, 2.24) is 15.1 Å². The molecule has 2 aromatic carbocycles. The van der Waals surface area contributed by atoms with E-state index in [1.165, 1.54) is 18.3 Å². The van der Waals surface area contributed by atoms with E-state index in [0.717, 1.165) is 5.56 Å². The van der Waals surface area contributed by atoms with Gasteiger partial charge in [0.15, 0.2) is 0 Å². The maximum atomic E-state index is 13.2. The molecule has 1 amide bonds. The van der Waals surface area contributed by atoms with Crippen LogP contribution in [0.15, 0.2) is 54.7 Å². The van der Waals surface area contributed by atoms with Gasteiger partial charge in [-0.05, 0) is 55.3 Å². The van der Waals surface area contributed by atoms with Gasteiger partial charge in [0.25, 0.3) is 5.91 Å². The van der Waals surface area contributed by atoms with Crippen LogP contribution in [0, 0.1) is 12.7 Å². The van der Waals surface area contributed by atoms with Gasteiger partial charge in [-0.25, -0.2) is 9.07 Å². The number of carbonyl (C=O) groups is 1. The van der Waals surface area contributed by atoms with Gasteiger partial charge in [0.1, 0.15) is 24.3 Å². The number of nitrogens with one attached hydrogen (secondary N) is 1. The number of aryl methyl sites for hydroxylation is 1. The maximum Gasteiger partial charge on any atom is 0.254 e. The Bertz CT molecular complexity index is 970. The number of aliphatic hydroxyl groups excluding tert-OH is 1. The molecule has 0 radical (unpaired) electrons. The zero-order valence-corrected chi connectivity index (χ0v) is 16.4. The molecular weight excluding hydrogens is 373 g/mol. The largest absolute Gasteiger partial charge is 0.491 e. The quantitative estimate of drug-likeness (QED) is 0.613. The number of ether oxygens (including phenoxy) is 1. The average molecular weight is 397 g/mol. The van der Waals surface area contributed by atoms with Gasteiger partial charge in [0.05, 0.1) is 23.1 Å². The number of benzene rings is 2. The van der Waals surface area contributed by atoms with E-state index in [-0.39, 0.29) is 24.9 Å². The van der Waals surface area contributed by atoms with E-state index >= 15 is 0 Å². The van der Waals surface area contributed by atoms with Gasteiger partial charge in [-0.3, -0.25) is 4.79 Å². The Morgan fingerprint density at radius 3 is 2.72 bits per heavy atom. The molecule has 1 atom stereocenters. The molecule has 3 aromatic rings. The number of aromatic nitrogens is 2. The second-order valence-electron chi connectivity index (χ2n) is 6.74. The predicted molar refractivity (Wildman–Crippen MR) is 108 cm³/mol. The van der Waals surface area contributed by atoms with Crippen molar-refractivity contribution in [2.45, 2.75) is 26.4 Å². The molecule has 1 heterocycles. The number of halogens is 1. The van der Waals surface area contributed by atoms with E-state index in [2.05, 4.69) is 10.4 Å². The number of carbonyl (C=O) groups excluding carboxylic acids is 1. The van der Waals surface area contributed by atoms with Crippen LogP contribution in [0.25, 0.3) is 5.69 Å². The van der Waals surface area contributed by atoms with Crippen LogP contribution in [-0.4, -0.2) is 40.0 Å². The summed E-state index contributed by atoms with van der Waals surface area (Å²) in [5.74, 6) is 0.00725. The predicted octanol–water partition coefficient (Wildman–Crippen LogP) is 3.05. The van der Waals surface area contributed by atoms with Gasteiger partial charge in [0.2, 0.25) is 0 Å². The molecule has 0 bridgehead atoms. The summed E-state index contributed by atoms with van der Waals surface area (Å²) >= 11 is 0. The highest BCUT2D eigenvalue weighted by Gasteiger charge is 2.18. The molecule has 152 valence electrons. The third-order valence-corrected chi connectivity index (χ3v) is 4.45. The van der Waals surface area contributed by atoms with E-state index in [0.29, 0.717) is 29.1 Å². The van der Waals surface area contributed by atoms with Crippen LogP contribution < -0.4 is 10.1 Å². The Kier molecular flexibility index (Phi) is 6.61. The fourth-order valence-electron chi connectivity index (χ4n) is 2.97. The molecule has 0 aliphatic rings. The number of hydrogen-bond acceptors (Lipinski definition) is 4. The van der Waals surface area contributed by atoms with E-state index < -0.39 is 6.10 Å². The Labute approximate surface area is 168 Å². The monoisotopic (exact) mass is 397 g/mol. The summed E-state index contributed by atoms with van der Waals surface area (Å²) < 4.78 is 20.3. The van der Waals surface area contributed by atoms with Crippen molar-refractivity contribution >= 4 is 5.91 Å². The molecule has 0 saturated heterocycles. The smallest absolute Gasteiger partial charge is 0.254 e. The maximum absolute atomic E-state index is 13.2. The number of hydrogen-bond donors (Lipinski definition) is 2. The van der Waals surface area contributed by atoms with E-state index in [1.807, 2.05) is 38.1 Å². The summed E-state index contributed by atoms with van der Waals surface area (Å²) in [5.41, 5.74) is 2.87. The van der Waals surface area contributed by atoms with Crippen molar-refractivity contribution in [3.8, 4) is 11.4 Å². The van der Waals surface area contributed by atoms with Gasteiger partial charge in [-0.2, -0.15) is 5.10 Å². The molecule has 29 heavy (non-hydrogen) atoms. The minimum absolute atomic E-state index is 0.0511. The second-order valence-corrected chi connectivity index (χ2v) is 6.74. The first kappa shape index (κ1) is 20.5. The molecule has 0 spiro atoms. The summed E-state index contributed by atoms with van der Waals surface area (Å²) in [7, 11) is 0. The highest BCUT2D eigenvalue weighted by molar-refractivity contribution is 5.95. The topological polar surface area (TPSA) is 76.4 Å². The molecule has 0 aliphatic heterocycles. The van der Waals surface area contributed by atoms with Gasteiger partial charge in [-0.1, -0.05) is 19.1 Å². The lowest BCUT2D eigenvalue weighted by Gasteiger charge is -2.14. The normalized spacial score (nSPS) is 11.9. The SMILES string of the molecule is CCc1c(C(=O)NCC(O)COc2cccc(C)c2)cnn1-c1ccc(F)cc1. The molecule has 1 unspecified atom stereocenters.